The zero-order chi connectivity index (χ0) is 18.1. The van der Waals surface area contributed by atoms with Gasteiger partial charge in [-0.1, -0.05) is 43.9 Å². The summed E-state index contributed by atoms with van der Waals surface area (Å²) in [4.78, 5) is 26.4. The maximum atomic E-state index is 12.5. The number of methoxy groups -OCH3 is 1. The molecule has 0 saturated carbocycles. The number of rotatable bonds is 5. The Labute approximate surface area is 157 Å². The first-order chi connectivity index (χ1) is 11.9. The molecule has 1 aromatic carbocycles. The molecule has 0 aromatic heterocycles. The molecule has 1 saturated heterocycles. The fourth-order valence-electron chi connectivity index (χ4n) is 3.36. The zero-order valence-electron chi connectivity index (χ0n) is 14.6. The molecule has 1 aromatic rings. The largest absolute Gasteiger partial charge is 0.495 e. The molecule has 1 fully saturated rings. The number of thiocarbonyl (C=S) groups is 1. The summed E-state index contributed by atoms with van der Waals surface area (Å²) in [6.45, 7) is 4.85. The van der Waals surface area contributed by atoms with Crippen molar-refractivity contribution in [2.75, 3.05) is 18.6 Å². The van der Waals surface area contributed by atoms with E-state index < -0.39 is 0 Å². The lowest BCUT2D eigenvalue weighted by molar-refractivity contribution is -0.119. The second-order valence-corrected chi connectivity index (χ2v) is 8.62. The van der Waals surface area contributed by atoms with Crippen LogP contribution in [0.2, 0.25) is 0 Å². The Bertz CT molecular complexity index is 733. The van der Waals surface area contributed by atoms with E-state index in [9.17, 15) is 9.59 Å². The average molecular weight is 379 g/mol. The van der Waals surface area contributed by atoms with Gasteiger partial charge in [-0.05, 0) is 36.0 Å². The van der Waals surface area contributed by atoms with E-state index in [0.29, 0.717) is 41.8 Å². The van der Waals surface area contributed by atoms with E-state index in [1.54, 1.807) is 7.11 Å². The summed E-state index contributed by atoms with van der Waals surface area (Å²) >= 11 is 6.49. The van der Waals surface area contributed by atoms with Gasteiger partial charge in [0.1, 0.15) is 10.1 Å². The number of ether oxygens (including phenoxy) is 1. The van der Waals surface area contributed by atoms with Gasteiger partial charge in [0.25, 0.3) is 0 Å². The number of fused-ring (bicyclic) bond motifs is 1. The molecular formula is C18H22N2O3S2. The minimum Gasteiger partial charge on any atom is -0.495 e. The molecule has 0 radical (unpaired) electrons. The molecule has 1 N–H and O–H groups in total. The van der Waals surface area contributed by atoms with Crippen LogP contribution in [0.25, 0.3) is 0 Å². The lowest BCUT2D eigenvalue weighted by Gasteiger charge is -2.33. The van der Waals surface area contributed by atoms with Crippen LogP contribution in [0.15, 0.2) is 12.1 Å². The summed E-state index contributed by atoms with van der Waals surface area (Å²) in [5.74, 6) is 1.17. The Morgan fingerprint density at radius 1 is 1.36 bits per heavy atom. The van der Waals surface area contributed by atoms with Gasteiger partial charge in [-0.25, -0.2) is 0 Å². The smallest absolute Gasteiger partial charge is 0.239 e. The summed E-state index contributed by atoms with van der Waals surface area (Å²) in [7, 11) is 1.63. The summed E-state index contributed by atoms with van der Waals surface area (Å²) in [5.41, 5.74) is 3.08. The number of amides is 2. The van der Waals surface area contributed by atoms with Crippen LogP contribution in [0.5, 0.6) is 5.75 Å². The van der Waals surface area contributed by atoms with Crippen LogP contribution < -0.4 is 15.0 Å². The SMILES string of the molecule is COc1ccc(CC2SC(=S)NC2=O)c2c1N(CC(C)C)C(=O)CC2. The van der Waals surface area contributed by atoms with Gasteiger partial charge in [-0.15, -0.1) is 0 Å². The Morgan fingerprint density at radius 2 is 2.12 bits per heavy atom. The van der Waals surface area contributed by atoms with Crippen LogP contribution in [0.4, 0.5) is 5.69 Å². The highest BCUT2D eigenvalue weighted by Gasteiger charge is 2.33. The first-order valence-corrected chi connectivity index (χ1v) is 9.70. The quantitative estimate of drug-likeness (QED) is 0.799. The van der Waals surface area contributed by atoms with Crippen molar-refractivity contribution < 1.29 is 14.3 Å². The average Bonchev–Trinajstić information content (AvgIpc) is 2.87. The minimum atomic E-state index is -0.207. The topological polar surface area (TPSA) is 58.6 Å². The molecule has 0 aliphatic carbocycles. The van der Waals surface area contributed by atoms with Gasteiger partial charge in [0.2, 0.25) is 11.8 Å². The second-order valence-electron chi connectivity index (χ2n) is 6.74. The molecule has 2 aliphatic rings. The zero-order valence-corrected chi connectivity index (χ0v) is 16.3. The summed E-state index contributed by atoms with van der Waals surface area (Å²) in [6, 6.07) is 3.91. The maximum Gasteiger partial charge on any atom is 0.239 e. The molecule has 0 spiro atoms. The number of nitrogens with zero attached hydrogens (tertiary/aromatic N) is 1. The molecule has 2 heterocycles. The molecule has 5 nitrogen and oxygen atoms in total. The van der Waals surface area contributed by atoms with Gasteiger partial charge in [0.05, 0.1) is 18.0 Å². The van der Waals surface area contributed by atoms with Gasteiger partial charge < -0.3 is 15.0 Å². The number of anilines is 1. The van der Waals surface area contributed by atoms with E-state index >= 15 is 0 Å². The molecular weight excluding hydrogens is 356 g/mol. The van der Waals surface area contributed by atoms with Crippen LogP contribution in [-0.2, 0) is 22.4 Å². The lowest BCUT2D eigenvalue weighted by atomic mass is 9.92. The van der Waals surface area contributed by atoms with Crippen molar-refractivity contribution in [3.63, 3.8) is 0 Å². The van der Waals surface area contributed by atoms with E-state index in [4.69, 9.17) is 17.0 Å². The fraction of sp³-hybridized carbons (Fsp3) is 0.500. The number of benzene rings is 1. The van der Waals surface area contributed by atoms with E-state index in [1.807, 2.05) is 17.0 Å². The Balaban J connectivity index is 1.99. The molecule has 2 aliphatic heterocycles. The van der Waals surface area contributed by atoms with Gasteiger partial charge >= 0.3 is 0 Å². The number of nitrogens with one attached hydrogen (secondary N) is 1. The minimum absolute atomic E-state index is 0.0366. The van der Waals surface area contributed by atoms with Crippen molar-refractivity contribution in [1.29, 1.82) is 0 Å². The highest BCUT2D eigenvalue weighted by atomic mass is 32.2. The highest BCUT2D eigenvalue weighted by Crippen LogP contribution is 2.40. The van der Waals surface area contributed by atoms with Crippen LogP contribution in [0.1, 0.15) is 31.4 Å². The van der Waals surface area contributed by atoms with E-state index in [-0.39, 0.29) is 17.1 Å². The van der Waals surface area contributed by atoms with Crippen molar-refractivity contribution in [2.45, 2.75) is 38.4 Å². The molecule has 0 bridgehead atoms. The van der Waals surface area contributed by atoms with Gasteiger partial charge in [0.15, 0.2) is 0 Å². The number of hydrogen-bond acceptors (Lipinski definition) is 5. The van der Waals surface area contributed by atoms with Crippen molar-refractivity contribution in [2.24, 2.45) is 5.92 Å². The highest BCUT2D eigenvalue weighted by molar-refractivity contribution is 8.24. The van der Waals surface area contributed by atoms with Crippen molar-refractivity contribution >= 4 is 45.8 Å². The molecule has 1 atom stereocenters. The molecule has 25 heavy (non-hydrogen) atoms. The van der Waals surface area contributed by atoms with Crippen LogP contribution in [-0.4, -0.2) is 35.0 Å². The van der Waals surface area contributed by atoms with Gasteiger partial charge in [-0.3, -0.25) is 9.59 Å². The Morgan fingerprint density at radius 3 is 2.72 bits per heavy atom. The maximum absolute atomic E-state index is 12.5. The van der Waals surface area contributed by atoms with Crippen molar-refractivity contribution in [3.8, 4) is 5.75 Å². The van der Waals surface area contributed by atoms with E-state index in [2.05, 4.69) is 19.2 Å². The van der Waals surface area contributed by atoms with Crippen LogP contribution >= 0.6 is 24.0 Å². The third kappa shape index (κ3) is 3.67. The van der Waals surface area contributed by atoms with Gasteiger partial charge in [-0.2, -0.15) is 0 Å². The lowest BCUT2D eigenvalue weighted by Crippen LogP contribution is -2.38. The molecule has 2 amide bonds. The summed E-state index contributed by atoms with van der Waals surface area (Å²) in [5, 5.41) is 2.49. The number of carbonyl (C=O) groups excluding carboxylic acids is 2. The number of hydrogen-bond donors (Lipinski definition) is 1. The second kappa shape index (κ2) is 7.33. The third-order valence-corrected chi connectivity index (χ3v) is 5.81. The third-order valence-electron chi connectivity index (χ3n) is 4.44. The van der Waals surface area contributed by atoms with Crippen molar-refractivity contribution in [3.05, 3.63) is 23.3 Å². The molecule has 3 rings (SSSR count). The van der Waals surface area contributed by atoms with Crippen molar-refractivity contribution in [1.82, 2.24) is 5.32 Å². The summed E-state index contributed by atoms with van der Waals surface area (Å²) in [6.07, 6.45) is 1.77. The Kier molecular flexibility index (Phi) is 5.34. The normalized spacial score (nSPS) is 20.1. The molecule has 7 heteroatoms. The van der Waals surface area contributed by atoms with Crippen LogP contribution in [0.3, 0.4) is 0 Å². The number of carbonyl (C=O) groups is 2. The number of thioether (sulfide) groups is 1. The first kappa shape index (κ1) is 18.2. The molecule has 134 valence electrons. The molecule has 1 unspecified atom stereocenters. The van der Waals surface area contributed by atoms with Crippen LogP contribution in [0, 0.1) is 5.92 Å². The monoisotopic (exact) mass is 378 g/mol. The first-order valence-electron chi connectivity index (χ1n) is 8.41. The predicted octanol–water partition coefficient (Wildman–Crippen LogP) is 2.69. The van der Waals surface area contributed by atoms with E-state index in [0.717, 1.165) is 16.8 Å². The standard InChI is InChI=1S/C18H22N2O3S2/c1-10(2)9-20-15(21)7-5-12-11(4-6-13(23-3)16(12)20)8-14-17(22)19-18(24)25-14/h4,6,10,14H,5,7-9H2,1-3H3,(H,19,22,24). The van der Waals surface area contributed by atoms with E-state index in [1.165, 1.54) is 11.8 Å². The predicted molar refractivity (Wildman–Crippen MR) is 104 cm³/mol. The van der Waals surface area contributed by atoms with Gasteiger partial charge in [0, 0.05) is 13.0 Å². The fourth-order valence-corrected chi connectivity index (χ4v) is 4.66. The summed E-state index contributed by atoms with van der Waals surface area (Å²) < 4.78 is 6.07. The Hall–Kier alpha value is -1.60.